The molecule has 1 aromatic carbocycles. The normalized spacial score (nSPS) is 12.9. The maximum absolute atomic E-state index is 11.9. The van der Waals surface area contributed by atoms with E-state index in [9.17, 15) is 18.0 Å². The fourth-order valence-corrected chi connectivity index (χ4v) is 2.20. The van der Waals surface area contributed by atoms with Gasteiger partial charge in [0.15, 0.2) is 0 Å². The highest BCUT2D eigenvalue weighted by atomic mass is 79.9. The molecular weight excluding hydrogens is 353 g/mol. The number of halogens is 4. The molecule has 0 bridgehead atoms. The van der Waals surface area contributed by atoms with Gasteiger partial charge in [0.05, 0.1) is 30.7 Å². The molecule has 0 saturated heterocycles. The largest absolute Gasteiger partial charge is 0.496 e. The number of carbonyl (C=O) groups is 1. The van der Waals surface area contributed by atoms with Crippen LogP contribution in [0.2, 0.25) is 0 Å². The lowest BCUT2D eigenvalue weighted by Crippen LogP contribution is -2.39. The van der Waals surface area contributed by atoms with Gasteiger partial charge in [0.2, 0.25) is 5.91 Å². The van der Waals surface area contributed by atoms with E-state index in [-0.39, 0.29) is 12.6 Å². The van der Waals surface area contributed by atoms with Crippen LogP contribution in [0.15, 0.2) is 22.7 Å². The van der Waals surface area contributed by atoms with Crippen LogP contribution in [0, 0.1) is 0 Å². The minimum Gasteiger partial charge on any atom is -0.496 e. The number of methoxy groups -OCH3 is 1. The molecule has 0 aliphatic rings. The second-order valence-corrected chi connectivity index (χ2v) is 5.26. The number of hydrogen-bond donors (Lipinski definition) is 2. The van der Waals surface area contributed by atoms with Crippen molar-refractivity contribution in [2.75, 3.05) is 20.2 Å². The third-order valence-electron chi connectivity index (χ3n) is 2.66. The summed E-state index contributed by atoms with van der Waals surface area (Å²) in [6, 6.07) is 4.97. The van der Waals surface area contributed by atoms with Crippen LogP contribution in [-0.4, -0.2) is 32.3 Å². The van der Waals surface area contributed by atoms with Gasteiger partial charge in [-0.1, -0.05) is 6.07 Å². The van der Waals surface area contributed by atoms with Crippen LogP contribution in [-0.2, 0) is 4.79 Å². The summed E-state index contributed by atoms with van der Waals surface area (Å²) in [6.45, 7) is 0.167. The Hall–Kier alpha value is -1.28. The molecule has 21 heavy (non-hydrogen) atoms. The Morgan fingerprint density at radius 3 is 2.62 bits per heavy atom. The van der Waals surface area contributed by atoms with Crippen molar-refractivity contribution in [2.45, 2.75) is 19.1 Å². The standard InChI is InChI=1S/C13H16BrF3N2O2/c1-8(9-3-4-11(21-2)10(14)5-9)19-12(20)6-18-7-13(15,16)17/h3-5,8,18H,6-7H2,1-2H3,(H,19,20). The Morgan fingerprint density at radius 1 is 1.43 bits per heavy atom. The summed E-state index contributed by atoms with van der Waals surface area (Å²) < 4.78 is 41.6. The average Bonchev–Trinajstić information content (AvgIpc) is 2.36. The van der Waals surface area contributed by atoms with Gasteiger partial charge in [-0.25, -0.2) is 0 Å². The predicted octanol–water partition coefficient (Wildman–Crippen LogP) is 2.79. The van der Waals surface area contributed by atoms with E-state index >= 15 is 0 Å². The van der Waals surface area contributed by atoms with Crippen LogP contribution < -0.4 is 15.4 Å². The molecule has 4 nitrogen and oxygen atoms in total. The van der Waals surface area contributed by atoms with Crippen molar-refractivity contribution < 1.29 is 22.7 Å². The van der Waals surface area contributed by atoms with Crippen molar-refractivity contribution in [3.8, 4) is 5.75 Å². The fourth-order valence-electron chi connectivity index (χ4n) is 1.65. The van der Waals surface area contributed by atoms with E-state index in [1.165, 1.54) is 7.11 Å². The van der Waals surface area contributed by atoms with Crippen LogP contribution in [0.3, 0.4) is 0 Å². The molecule has 0 spiro atoms. The van der Waals surface area contributed by atoms with Gasteiger partial charge >= 0.3 is 6.18 Å². The SMILES string of the molecule is COc1ccc(C(C)NC(=O)CNCC(F)(F)F)cc1Br. The third-order valence-corrected chi connectivity index (χ3v) is 3.28. The van der Waals surface area contributed by atoms with E-state index in [0.717, 1.165) is 10.0 Å². The van der Waals surface area contributed by atoms with Crippen molar-refractivity contribution in [2.24, 2.45) is 0 Å². The van der Waals surface area contributed by atoms with Gasteiger partial charge in [0, 0.05) is 0 Å². The van der Waals surface area contributed by atoms with Crippen molar-refractivity contribution in [1.29, 1.82) is 0 Å². The summed E-state index contributed by atoms with van der Waals surface area (Å²) in [4.78, 5) is 11.5. The Morgan fingerprint density at radius 2 is 2.10 bits per heavy atom. The fraction of sp³-hybridized carbons (Fsp3) is 0.462. The summed E-state index contributed by atoms with van der Waals surface area (Å²) >= 11 is 3.33. The number of hydrogen-bond acceptors (Lipinski definition) is 3. The smallest absolute Gasteiger partial charge is 0.401 e. The number of amides is 1. The van der Waals surface area contributed by atoms with Gasteiger partial charge in [0.25, 0.3) is 0 Å². The number of rotatable bonds is 6. The Labute approximate surface area is 129 Å². The van der Waals surface area contributed by atoms with Crippen molar-refractivity contribution in [3.63, 3.8) is 0 Å². The molecule has 118 valence electrons. The van der Waals surface area contributed by atoms with E-state index < -0.39 is 18.6 Å². The van der Waals surface area contributed by atoms with Crippen LogP contribution in [0.25, 0.3) is 0 Å². The Kier molecular flexibility index (Phi) is 6.47. The van der Waals surface area contributed by atoms with E-state index in [4.69, 9.17) is 4.74 Å². The summed E-state index contributed by atoms with van der Waals surface area (Å²) in [7, 11) is 1.54. The van der Waals surface area contributed by atoms with E-state index in [1.54, 1.807) is 25.1 Å². The van der Waals surface area contributed by atoms with Crippen LogP contribution >= 0.6 is 15.9 Å². The molecule has 8 heteroatoms. The lowest BCUT2D eigenvalue weighted by atomic mass is 10.1. The number of nitrogens with one attached hydrogen (secondary N) is 2. The molecule has 0 heterocycles. The molecule has 0 aromatic heterocycles. The molecule has 2 N–H and O–H groups in total. The maximum atomic E-state index is 11.9. The lowest BCUT2D eigenvalue weighted by molar-refractivity contribution is -0.128. The van der Waals surface area contributed by atoms with E-state index in [2.05, 4.69) is 21.2 Å². The van der Waals surface area contributed by atoms with Gasteiger partial charge in [-0.2, -0.15) is 13.2 Å². The molecule has 0 radical (unpaired) electrons. The first kappa shape index (κ1) is 17.8. The first-order valence-corrected chi connectivity index (χ1v) is 6.92. The van der Waals surface area contributed by atoms with E-state index in [1.807, 2.05) is 5.32 Å². The molecule has 0 aliphatic carbocycles. The topological polar surface area (TPSA) is 50.4 Å². The molecule has 1 unspecified atom stereocenters. The van der Waals surface area contributed by atoms with E-state index in [0.29, 0.717) is 5.75 Å². The Balaban J connectivity index is 2.51. The van der Waals surface area contributed by atoms with Crippen molar-refractivity contribution in [3.05, 3.63) is 28.2 Å². The number of ether oxygens (including phenoxy) is 1. The number of carbonyl (C=O) groups excluding carboxylic acids is 1. The second kappa shape index (κ2) is 7.65. The third kappa shape index (κ3) is 6.34. The van der Waals surface area contributed by atoms with Crippen LogP contribution in [0.4, 0.5) is 13.2 Å². The number of alkyl halides is 3. The molecule has 1 atom stereocenters. The van der Waals surface area contributed by atoms with Gasteiger partial charge in [-0.15, -0.1) is 0 Å². The molecule has 1 rings (SSSR count). The van der Waals surface area contributed by atoms with Crippen molar-refractivity contribution in [1.82, 2.24) is 10.6 Å². The van der Waals surface area contributed by atoms with Crippen LogP contribution in [0.1, 0.15) is 18.5 Å². The molecule has 0 saturated carbocycles. The monoisotopic (exact) mass is 368 g/mol. The molecule has 1 amide bonds. The predicted molar refractivity (Wildman–Crippen MR) is 76.2 cm³/mol. The minimum atomic E-state index is -4.33. The summed E-state index contributed by atoms with van der Waals surface area (Å²) in [5.41, 5.74) is 0.812. The average molecular weight is 369 g/mol. The number of benzene rings is 1. The zero-order chi connectivity index (χ0) is 16.0. The molecule has 1 aromatic rings. The second-order valence-electron chi connectivity index (χ2n) is 4.40. The minimum absolute atomic E-state index is 0.326. The van der Waals surface area contributed by atoms with Gasteiger partial charge in [-0.3, -0.25) is 4.79 Å². The van der Waals surface area contributed by atoms with Gasteiger partial charge in [-0.05, 0) is 40.5 Å². The first-order valence-electron chi connectivity index (χ1n) is 6.13. The molecular formula is C13H16BrF3N2O2. The zero-order valence-corrected chi connectivity index (χ0v) is 13.1. The molecule has 0 fully saturated rings. The first-order chi connectivity index (χ1) is 9.73. The summed E-state index contributed by atoms with van der Waals surface area (Å²) in [6.07, 6.45) is -4.33. The highest BCUT2D eigenvalue weighted by Gasteiger charge is 2.26. The highest BCUT2D eigenvalue weighted by molar-refractivity contribution is 9.10. The summed E-state index contributed by atoms with van der Waals surface area (Å²) in [5, 5.41) is 4.66. The quantitative estimate of drug-likeness (QED) is 0.811. The Bertz CT molecular complexity index is 495. The zero-order valence-electron chi connectivity index (χ0n) is 11.6. The van der Waals surface area contributed by atoms with Gasteiger partial charge in [0.1, 0.15) is 5.75 Å². The summed E-state index contributed by atoms with van der Waals surface area (Å²) in [5.74, 6) is 0.155. The molecule has 0 aliphatic heterocycles. The highest BCUT2D eigenvalue weighted by Crippen LogP contribution is 2.27. The maximum Gasteiger partial charge on any atom is 0.401 e. The van der Waals surface area contributed by atoms with Crippen molar-refractivity contribution >= 4 is 21.8 Å². The van der Waals surface area contributed by atoms with Gasteiger partial charge < -0.3 is 15.4 Å². The lowest BCUT2D eigenvalue weighted by Gasteiger charge is -2.16. The van der Waals surface area contributed by atoms with Crippen LogP contribution in [0.5, 0.6) is 5.75 Å².